The number of aromatic nitrogens is 3. The standard InChI is InChI=1S/C12H13N3O2/c1-8-10(6-11(16)17)15(2)14-12(8)9-4-3-5-13-7-9/h3-5,7H,6H2,1-2H3,(H,16,17). The van der Waals surface area contributed by atoms with Crippen molar-refractivity contribution in [2.24, 2.45) is 7.05 Å². The van der Waals surface area contributed by atoms with E-state index >= 15 is 0 Å². The molecule has 0 bridgehead atoms. The van der Waals surface area contributed by atoms with Crippen molar-refractivity contribution in [3.05, 3.63) is 35.8 Å². The minimum Gasteiger partial charge on any atom is -0.481 e. The van der Waals surface area contributed by atoms with Crippen molar-refractivity contribution < 1.29 is 9.90 Å². The first-order valence-electron chi connectivity index (χ1n) is 5.24. The van der Waals surface area contributed by atoms with Crippen LogP contribution in [0.4, 0.5) is 0 Å². The molecule has 2 aromatic heterocycles. The van der Waals surface area contributed by atoms with E-state index in [2.05, 4.69) is 10.1 Å². The normalized spacial score (nSPS) is 10.5. The highest BCUT2D eigenvalue weighted by Gasteiger charge is 2.15. The van der Waals surface area contributed by atoms with E-state index in [1.165, 1.54) is 0 Å². The summed E-state index contributed by atoms with van der Waals surface area (Å²) in [5.74, 6) is -0.853. The third kappa shape index (κ3) is 2.18. The zero-order chi connectivity index (χ0) is 12.4. The van der Waals surface area contributed by atoms with Crippen LogP contribution in [0, 0.1) is 6.92 Å². The average molecular weight is 231 g/mol. The molecule has 5 nitrogen and oxygen atoms in total. The molecule has 0 fully saturated rings. The molecule has 2 rings (SSSR count). The summed E-state index contributed by atoms with van der Waals surface area (Å²) in [7, 11) is 1.76. The molecule has 2 aromatic rings. The Labute approximate surface area is 98.7 Å². The van der Waals surface area contributed by atoms with Crippen LogP contribution in [-0.4, -0.2) is 25.8 Å². The van der Waals surface area contributed by atoms with E-state index in [1.54, 1.807) is 24.1 Å². The minimum atomic E-state index is -0.853. The zero-order valence-electron chi connectivity index (χ0n) is 9.71. The van der Waals surface area contributed by atoms with Gasteiger partial charge < -0.3 is 5.11 Å². The fraction of sp³-hybridized carbons (Fsp3) is 0.250. The van der Waals surface area contributed by atoms with E-state index in [0.29, 0.717) is 0 Å². The van der Waals surface area contributed by atoms with Gasteiger partial charge in [-0.2, -0.15) is 5.10 Å². The summed E-state index contributed by atoms with van der Waals surface area (Å²) in [6, 6.07) is 3.74. The van der Waals surface area contributed by atoms with Gasteiger partial charge in [-0.3, -0.25) is 14.5 Å². The van der Waals surface area contributed by atoms with E-state index in [9.17, 15) is 4.79 Å². The zero-order valence-corrected chi connectivity index (χ0v) is 9.71. The van der Waals surface area contributed by atoms with E-state index in [0.717, 1.165) is 22.5 Å². The molecule has 88 valence electrons. The molecule has 0 saturated carbocycles. The molecule has 17 heavy (non-hydrogen) atoms. The summed E-state index contributed by atoms with van der Waals surface area (Å²) < 4.78 is 1.62. The van der Waals surface area contributed by atoms with E-state index < -0.39 is 5.97 Å². The lowest BCUT2D eigenvalue weighted by Gasteiger charge is -1.99. The van der Waals surface area contributed by atoms with Crippen LogP contribution in [0.2, 0.25) is 0 Å². The summed E-state index contributed by atoms with van der Waals surface area (Å²) in [6.07, 6.45) is 3.40. The largest absolute Gasteiger partial charge is 0.481 e. The first-order valence-corrected chi connectivity index (χ1v) is 5.24. The molecule has 0 saturated heterocycles. The SMILES string of the molecule is Cc1c(-c2cccnc2)nn(C)c1CC(=O)O. The molecule has 0 radical (unpaired) electrons. The van der Waals surface area contributed by atoms with Gasteiger partial charge in [0.25, 0.3) is 0 Å². The summed E-state index contributed by atoms with van der Waals surface area (Å²) in [4.78, 5) is 14.8. The molecule has 0 aromatic carbocycles. The number of carboxylic acid groups (broad SMARTS) is 1. The Morgan fingerprint density at radius 3 is 2.88 bits per heavy atom. The van der Waals surface area contributed by atoms with Gasteiger partial charge in [0.2, 0.25) is 0 Å². The van der Waals surface area contributed by atoms with Crippen LogP contribution in [0.5, 0.6) is 0 Å². The molecule has 0 spiro atoms. The fourth-order valence-electron chi connectivity index (χ4n) is 1.83. The van der Waals surface area contributed by atoms with Crippen LogP contribution in [-0.2, 0) is 18.3 Å². The number of pyridine rings is 1. The highest BCUT2D eigenvalue weighted by molar-refractivity contribution is 5.72. The third-order valence-corrected chi connectivity index (χ3v) is 2.68. The van der Waals surface area contributed by atoms with Crippen molar-refractivity contribution in [2.45, 2.75) is 13.3 Å². The smallest absolute Gasteiger partial charge is 0.309 e. The number of rotatable bonds is 3. The fourth-order valence-corrected chi connectivity index (χ4v) is 1.83. The molecule has 1 N–H and O–H groups in total. The molecule has 0 unspecified atom stereocenters. The molecule has 5 heteroatoms. The molecule has 0 amide bonds. The van der Waals surface area contributed by atoms with Crippen molar-refractivity contribution in [3.8, 4) is 11.3 Å². The Morgan fingerprint density at radius 1 is 1.53 bits per heavy atom. The summed E-state index contributed by atoms with van der Waals surface area (Å²) >= 11 is 0. The topological polar surface area (TPSA) is 68.0 Å². The second-order valence-electron chi connectivity index (χ2n) is 3.86. The number of carbonyl (C=O) groups is 1. The van der Waals surface area contributed by atoms with Crippen LogP contribution in [0.15, 0.2) is 24.5 Å². The van der Waals surface area contributed by atoms with Crippen molar-refractivity contribution in [3.63, 3.8) is 0 Å². The van der Waals surface area contributed by atoms with Gasteiger partial charge >= 0.3 is 5.97 Å². The Bertz CT molecular complexity index is 546. The van der Waals surface area contributed by atoms with Crippen molar-refractivity contribution in [1.82, 2.24) is 14.8 Å². The molecule has 2 heterocycles. The second kappa shape index (κ2) is 4.37. The van der Waals surface area contributed by atoms with Gasteiger partial charge in [0.05, 0.1) is 17.8 Å². The minimum absolute atomic E-state index is 0.0183. The van der Waals surface area contributed by atoms with Crippen molar-refractivity contribution >= 4 is 5.97 Å². The number of carboxylic acids is 1. The Morgan fingerprint density at radius 2 is 2.29 bits per heavy atom. The lowest BCUT2D eigenvalue weighted by molar-refractivity contribution is -0.136. The van der Waals surface area contributed by atoms with Gasteiger partial charge in [-0.05, 0) is 24.6 Å². The van der Waals surface area contributed by atoms with Gasteiger partial charge in [-0.15, -0.1) is 0 Å². The number of aliphatic carboxylic acids is 1. The Kier molecular flexibility index (Phi) is 2.91. The molecule has 0 atom stereocenters. The first-order chi connectivity index (χ1) is 8.09. The maximum Gasteiger partial charge on any atom is 0.309 e. The lowest BCUT2D eigenvalue weighted by atomic mass is 10.1. The monoisotopic (exact) mass is 231 g/mol. The lowest BCUT2D eigenvalue weighted by Crippen LogP contribution is -2.06. The number of hydrogen-bond donors (Lipinski definition) is 1. The van der Waals surface area contributed by atoms with Crippen LogP contribution < -0.4 is 0 Å². The maximum absolute atomic E-state index is 10.8. The van der Waals surface area contributed by atoms with Crippen molar-refractivity contribution in [1.29, 1.82) is 0 Å². The second-order valence-corrected chi connectivity index (χ2v) is 3.86. The molecular formula is C12H13N3O2. The quantitative estimate of drug-likeness (QED) is 0.867. The first kappa shape index (κ1) is 11.3. The molecule has 0 aliphatic carbocycles. The predicted octanol–water partition coefficient (Wildman–Crippen LogP) is 1.42. The van der Waals surface area contributed by atoms with Gasteiger partial charge in [0.1, 0.15) is 0 Å². The van der Waals surface area contributed by atoms with Gasteiger partial charge in [0, 0.05) is 25.0 Å². The molecule has 0 aliphatic heterocycles. The maximum atomic E-state index is 10.8. The van der Waals surface area contributed by atoms with Crippen LogP contribution >= 0.6 is 0 Å². The van der Waals surface area contributed by atoms with E-state index in [4.69, 9.17) is 5.11 Å². The highest BCUT2D eigenvalue weighted by atomic mass is 16.4. The summed E-state index contributed by atoms with van der Waals surface area (Å²) in [5.41, 5.74) is 3.30. The van der Waals surface area contributed by atoms with E-state index in [1.807, 2.05) is 19.1 Å². The average Bonchev–Trinajstić information content (AvgIpc) is 2.58. The van der Waals surface area contributed by atoms with Crippen LogP contribution in [0.3, 0.4) is 0 Å². The predicted molar refractivity (Wildman–Crippen MR) is 62.5 cm³/mol. The Balaban J connectivity index is 2.48. The number of nitrogens with zero attached hydrogens (tertiary/aromatic N) is 3. The summed E-state index contributed by atoms with van der Waals surface area (Å²) in [5, 5.41) is 13.2. The number of aryl methyl sites for hydroxylation is 1. The van der Waals surface area contributed by atoms with Gasteiger partial charge in [-0.25, -0.2) is 0 Å². The van der Waals surface area contributed by atoms with Crippen molar-refractivity contribution in [2.75, 3.05) is 0 Å². The third-order valence-electron chi connectivity index (χ3n) is 2.68. The molecular weight excluding hydrogens is 218 g/mol. The van der Waals surface area contributed by atoms with Gasteiger partial charge in [-0.1, -0.05) is 0 Å². The van der Waals surface area contributed by atoms with Crippen LogP contribution in [0.25, 0.3) is 11.3 Å². The van der Waals surface area contributed by atoms with Crippen LogP contribution in [0.1, 0.15) is 11.3 Å². The summed E-state index contributed by atoms with van der Waals surface area (Å²) in [6.45, 7) is 1.88. The van der Waals surface area contributed by atoms with Gasteiger partial charge in [0.15, 0.2) is 0 Å². The number of hydrogen-bond acceptors (Lipinski definition) is 3. The molecule has 0 aliphatic rings. The Hall–Kier alpha value is -2.17. The highest BCUT2D eigenvalue weighted by Crippen LogP contribution is 2.23. The van der Waals surface area contributed by atoms with E-state index in [-0.39, 0.29) is 6.42 Å².